The zero-order valence-electron chi connectivity index (χ0n) is 11.4. The standard InChI is InChI=1S/C15H18BrNO3/c1-2-11-9-17(10-13(11)14(18)8-16)20-15(19)12-6-4-3-5-7-12/h3-7,11,13H,2,8-10H2,1H3/t11-,13+/m1/s1. The van der Waals surface area contributed by atoms with Gasteiger partial charge in [0.05, 0.1) is 10.9 Å². The van der Waals surface area contributed by atoms with E-state index in [2.05, 4.69) is 22.9 Å². The molecule has 108 valence electrons. The first-order valence-electron chi connectivity index (χ1n) is 6.76. The second kappa shape index (κ2) is 6.99. The minimum atomic E-state index is -0.368. The molecular formula is C15H18BrNO3. The van der Waals surface area contributed by atoms with E-state index in [4.69, 9.17) is 4.84 Å². The monoisotopic (exact) mass is 339 g/mol. The van der Waals surface area contributed by atoms with Crippen molar-refractivity contribution in [2.75, 3.05) is 18.4 Å². The van der Waals surface area contributed by atoms with Crippen LogP contribution >= 0.6 is 15.9 Å². The molecule has 4 nitrogen and oxygen atoms in total. The van der Waals surface area contributed by atoms with E-state index in [1.807, 2.05) is 6.07 Å². The number of halogens is 1. The molecule has 0 amide bonds. The first-order chi connectivity index (χ1) is 9.65. The van der Waals surface area contributed by atoms with Gasteiger partial charge in [0, 0.05) is 19.0 Å². The molecule has 0 spiro atoms. The third-order valence-electron chi connectivity index (χ3n) is 3.70. The minimum Gasteiger partial charge on any atom is -0.364 e. The van der Waals surface area contributed by atoms with Crippen molar-refractivity contribution < 1.29 is 14.4 Å². The smallest absolute Gasteiger partial charge is 0.357 e. The van der Waals surface area contributed by atoms with Gasteiger partial charge < -0.3 is 4.84 Å². The predicted molar refractivity (Wildman–Crippen MR) is 79.5 cm³/mol. The molecule has 5 heteroatoms. The molecule has 2 atom stereocenters. The summed E-state index contributed by atoms with van der Waals surface area (Å²) in [6.45, 7) is 3.17. The normalized spacial score (nSPS) is 22.7. The number of Topliss-reactive ketones (excluding diaryl/α,β-unsaturated/α-hetero) is 1. The fraction of sp³-hybridized carbons (Fsp3) is 0.467. The lowest BCUT2D eigenvalue weighted by molar-refractivity contribution is -0.123. The van der Waals surface area contributed by atoms with Crippen molar-refractivity contribution in [2.24, 2.45) is 11.8 Å². The Morgan fingerprint density at radius 1 is 1.30 bits per heavy atom. The summed E-state index contributed by atoms with van der Waals surface area (Å²) in [5, 5.41) is 1.98. The van der Waals surface area contributed by atoms with Crippen molar-refractivity contribution in [1.82, 2.24) is 5.06 Å². The maximum Gasteiger partial charge on any atom is 0.357 e. The lowest BCUT2D eigenvalue weighted by Crippen LogP contribution is -2.27. The van der Waals surface area contributed by atoms with Crippen molar-refractivity contribution in [2.45, 2.75) is 13.3 Å². The Bertz CT molecular complexity index is 477. The van der Waals surface area contributed by atoms with Gasteiger partial charge in [0.2, 0.25) is 0 Å². The lowest BCUT2D eigenvalue weighted by atomic mass is 9.91. The van der Waals surface area contributed by atoms with Gasteiger partial charge in [-0.3, -0.25) is 4.79 Å². The third-order valence-corrected chi connectivity index (χ3v) is 4.25. The number of hydrogen-bond acceptors (Lipinski definition) is 4. The van der Waals surface area contributed by atoms with Crippen LogP contribution in [0.1, 0.15) is 23.7 Å². The molecule has 0 aromatic heterocycles. The van der Waals surface area contributed by atoms with E-state index < -0.39 is 0 Å². The van der Waals surface area contributed by atoms with Crippen LogP contribution in [-0.2, 0) is 9.63 Å². The van der Waals surface area contributed by atoms with Crippen LogP contribution < -0.4 is 0 Å². The van der Waals surface area contributed by atoms with E-state index in [1.165, 1.54) is 0 Å². The summed E-state index contributed by atoms with van der Waals surface area (Å²) in [7, 11) is 0. The molecule has 1 aliphatic rings. The predicted octanol–water partition coefficient (Wildman–Crippen LogP) is 2.68. The van der Waals surface area contributed by atoms with Crippen LogP contribution in [0.15, 0.2) is 30.3 Å². The summed E-state index contributed by atoms with van der Waals surface area (Å²) in [5.41, 5.74) is 0.524. The average Bonchev–Trinajstić information content (AvgIpc) is 2.90. The highest BCUT2D eigenvalue weighted by atomic mass is 79.9. The van der Waals surface area contributed by atoms with Gasteiger partial charge >= 0.3 is 5.97 Å². The molecule has 1 heterocycles. The van der Waals surface area contributed by atoms with Crippen molar-refractivity contribution in [3.05, 3.63) is 35.9 Å². The number of rotatable bonds is 5. The van der Waals surface area contributed by atoms with E-state index in [9.17, 15) is 9.59 Å². The number of hydroxylamine groups is 2. The maximum atomic E-state index is 12.0. The van der Waals surface area contributed by atoms with Gasteiger partial charge in [-0.2, -0.15) is 0 Å². The molecule has 1 aromatic carbocycles. The summed E-state index contributed by atoms with van der Waals surface area (Å²) >= 11 is 3.21. The Hall–Kier alpha value is -1.20. The van der Waals surface area contributed by atoms with Crippen LogP contribution in [-0.4, -0.2) is 35.2 Å². The quantitative estimate of drug-likeness (QED) is 0.774. The molecule has 1 fully saturated rings. The van der Waals surface area contributed by atoms with Gasteiger partial charge in [0.1, 0.15) is 5.78 Å². The molecule has 1 saturated heterocycles. The van der Waals surface area contributed by atoms with Gasteiger partial charge in [-0.1, -0.05) is 47.5 Å². The number of alkyl halides is 1. The Labute approximate surface area is 127 Å². The lowest BCUT2D eigenvalue weighted by Gasteiger charge is -2.14. The summed E-state index contributed by atoms with van der Waals surface area (Å²) < 4.78 is 0. The number of nitrogens with zero attached hydrogens (tertiary/aromatic N) is 1. The number of benzene rings is 1. The van der Waals surface area contributed by atoms with Gasteiger partial charge in [0.15, 0.2) is 0 Å². The topological polar surface area (TPSA) is 46.6 Å². The van der Waals surface area contributed by atoms with Crippen LogP contribution in [0.4, 0.5) is 0 Å². The highest BCUT2D eigenvalue weighted by Crippen LogP contribution is 2.28. The molecule has 1 aliphatic heterocycles. The van der Waals surface area contributed by atoms with Crippen molar-refractivity contribution >= 4 is 27.7 Å². The molecule has 0 unspecified atom stereocenters. The van der Waals surface area contributed by atoms with Crippen LogP contribution in [0.3, 0.4) is 0 Å². The van der Waals surface area contributed by atoms with E-state index >= 15 is 0 Å². The van der Waals surface area contributed by atoms with E-state index in [-0.39, 0.29) is 23.6 Å². The van der Waals surface area contributed by atoms with E-state index in [0.717, 1.165) is 6.42 Å². The Morgan fingerprint density at radius 3 is 2.60 bits per heavy atom. The van der Waals surface area contributed by atoms with Gasteiger partial charge in [0.25, 0.3) is 0 Å². The fourth-order valence-electron chi connectivity index (χ4n) is 2.53. The molecule has 0 aliphatic carbocycles. The summed E-state index contributed by atoms with van der Waals surface area (Å²) in [6.07, 6.45) is 0.906. The van der Waals surface area contributed by atoms with Gasteiger partial charge in [-0.15, -0.1) is 5.06 Å². The van der Waals surface area contributed by atoms with Crippen LogP contribution in [0.2, 0.25) is 0 Å². The molecular weight excluding hydrogens is 322 g/mol. The van der Waals surface area contributed by atoms with Gasteiger partial charge in [-0.05, 0) is 18.1 Å². The summed E-state index contributed by atoms with van der Waals surface area (Å²) in [5.74, 6) is 0.00840. The SMILES string of the molecule is CC[C@@H]1CN(OC(=O)c2ccccc2)C[C@@H]1C(=O)CBr. The molecule has 1 aromatic rings. The Kier molecular flexibility index (Phi) is 5.31. The second-order valence-electron chi connectivity index (χ2n) is 4.97. The minimum absolute atomic E-state index is 0.0528. The number of carbonyl (C=O) groups excluding carboxylic acids is 2. The highest BCUT2D eigenvalue weighted by molar-refractivity contribution is 9.09. The fourth-order valence-corrected chi connectivity index (χ4v) is 2.94. The Balaban J connectivity index is 1.98. The molecule has 0 saturated carbocycles. The van der Waals surface area contributed by atoms with Crippen LogP contribution in [0.25, 0.3) is 0 Å². The first kappa shape index (κ1) is 15.2. The summed E-state index contributed by atoms with van der Waals surface area (Å²) in [4.78, 5) is 29.2. The third kappa shape index (κ3) is 3.46. The first-order valence-corrected chi connectivity index (χ1v) is 7.88. The molecule has 2 rings (SSSR count). The molecule has 0 radical (unpaired) electrons. The number of carbonyl (C=O) groups is 2. The van der Waals surface area contributed by atoms with E-state index in [1.54, 1.807) is 29.3 Å². The Morgan fingerprint density at radius 2 is 2.00 bits per heavy atom. The highest BCUT2D eigenvalue weighted by Gasteiger charge is 2.37. The average molecular weight is 340 g/mol. The van der Waals surface area contributed by atoms with Gasteiger partial charge in [-0.25, -0.2) is 4.79 Å². The molecule has 0 N–H and O–H groups in total. The van der Waals surface area contributed by atoms with Crippen molar-refractivity contribution in [3.63, 3.8) is 0 Å². The molecule has 20 heavy (non-hydrogen) atoms. The number of ketones is 1. The largest absolute Gasteiger partial charge is 0.364 e. The second-order valence-corrected chi connectivity index (χ2v) is 5.53. The zero-order valence-corrected chi connectivity index (χ0v) is 13.0. The zero-order chi connectivity index (χ0) is 14.5. The van der Waals surface area contributed by atoms with Crippen LogP contribution in [0.5, 0.6) is 0 Å². The molecule has 0 bridgehead atoms. The maximum absolute atomic E-state index is 12.0. The van der Waals surface area contributed by atoms with E-state index in [0.29, 0.717) is 24.0 Å². The van der Waals surface area contributed by atoms with Crippen molar-refractivity contribution in [3.8, 4) is 0 Å². The van der Waals surface area contributed by atoms with Crippen molar-refractivity contribution in [1.29, 1.82) is 0 Å². The summed E-state index contributed by atoms with van der Waals surface area (Å²) in [6, 6.07) is 8.89. The van der Waals surface area contributed by atoms with Crippen LogP contribution in [0, 0.1) is 11.8 Å². The number of hydrogen-bond donors (Lipinski definition) is 0.